The van der Waals surface area contributed by atoms with E-state index in [4.69, 9.17) is 27.9 Å². The van der Waals surface area contributed by atoms with Crippen molar-refractivity contribution >= 4 is 23.2 Å². The number of nitrogens with one attached hydrogen (secondary N) is 1. The first-order chi connectivity index (χ1) is 10.0. The van der Waals surface area contributed by atoms with Crippen LogP contribution in [0, 0.1) is 0 Å². The van der Waals surface area contributed by atoms with Gasteiger partial charge in [0.05, 0.1) is 12.1 Å². The van der Waals surface area contributed by atoms with Crippen LogP contribution >= 0.6 is 23.2 Å². The van der Waals surface area contributed by atoms with Gasteiger partial charge in [0.2, 0.25) is 0 Å². The predicted octanol–water partition coefficient (Wildman–Crippen LogP) is 5.17. The smallest absolute Gasteiger partial charge is 0.137 e. The Morgan fingerprint density at radius 3 is 2.48 bits per heavy atom. The highest BCUT2D eigenvalue weighted by atomic mass is 35.5. The third-order valence-electron chi connectivity index (χ3n) is 3.24. The van der Waals surface area contributed by atoms with Gasteiger partial charge in [0, 0.05) is 17.6 Å². The Hall–Kier alpha value is -1.22. The quantitative estimate of drug-likeness (QED) is 0.819. The minimum Gasteiger partial charge on any atom is -0.495 e. The van der Waals surface area contributed by atoms with Crippen molar-refractivity contribution in [2.24, 2.45) is 0 Å². The maximum Gasteiger partial charge on any atom is 0.137 e. The molecule has 112 valence electrons. The maximum absolute atomic E-state index is 6.23. The molecule has 0 aliphatic rings. The van der Waals surface area contributed by atoms with Crippen LogP contribution in [0.25, 0.3) is 11.1 Å². The van der Waals surface area contributed by atoms with Gasteiger partial charge in [0.15, 0.2) is 0 Å². The molecule has 0 aliphatic carbocycles. The Morgan fingerprint density at radius 2 is 1.86 bits per heavy atom. The van der Waals surface area contributed by atoms with E-state index in [1.54, 1.807) is 7.11 Å². The number of benzene rings is 2. The molecule has 4 heteroatoms. The Labute approximate surface area is 136 Å². The molecule has 0 heterocycles. The van der Waals surface area contributed by atoms with Crippen molar-refractivity contribution in [3.63, 3.8) is 0 Å². The minimum atomic E-state index is 0.424. The zero-order valence-corrected chi connectivity index (χ0v) is 13.9. The van der Waals surface area contributed by atoms with E-state index in [0.717, 1.165) is 17.7 Å². The molecule has 2 rings (SSSR count). The summed E-state index contributed by atoms with van der Waals surface area (Å²) >= 11 is 12.4. The van der Waals surface area contributed by atoms with Gasteiger partial charge >= 0.3 is 0 Å². The predicted molar refractivity (Wildman–Crippen MR) is 90.4 cm³/mol. The molecular weight excluding hydrogens is 305 g/mol. The van der Waals surface area contributed by atoms with Crippen LogP contribution in [0.4, 0.5) is 0 Å². The third kappa shape index (κ3) is 4.13. The van der Waals surface area contributed by atoms with E-state index in [0.29, 0.717) is 21.8 Å². The molecule has 0 bridgehead atoms. The lowest BCUT2D eigenvalue weighted by molar-refractivity contribution is 0.415. The van der Waals surface area contributed by atoms with Crippen LogP contribution in [-0.4, -0.2) is 13.2 Å². The lowest BCUT2D eigenvalue weighted by Gasteiger charge is -2.14. The van der Waals surface area contributed by atoms with Crippen molar-refractivity contribution in [3.05, 3.63) is 52.0 Å². The van der Waals surface area contributed by atoms with Crippen LogP contribution in [0.3, 0.4) is 0 Å². The van der Waals surface area contributed by atoms with Gasteiger partial charge in [-0.05, 0) is 41.0 Å². The zero-order valence-electron chi connectivity index (χ0n) is 12.4. The van der Waals surface area contributed by atoms with Gasteiger partial charge in [-0.25, -0.2) is 0 Å². The standard InChI is InChI=1S/C17H19Cl2NO/c1-11(2)20-10-13-4-6-14(18)9-15(13)12-5-7-17(21-3)16(19)8-12/h4-9,11,20H,10H2,1-3H3. The Balaban J connectivity index is 2.41. The molecule has 0 unspecified atom stereocenters. The van der Waals surface area contributed by atoms with Crippen molar-refractivity contribution in [2.45, 2.75) is 26.4 Å². The number of ether oxygens (including phenoxy) is 1. The average molecular weight is 324 g/mol. The molecule has 0 saturated heterocycles. The summed E-state index contributed by atoms with van der Waals surface area (Å²) in [6.07, 6.45) is 0. The van der Waals surface area contributed by atoms with E-state index in [-0.39, 0.29) is 0 Å². The van der Waals surface area contributed by atoms with Crippen molar-refractivity contribution in [1.82, 2.24) is 5.32 Å². The summed E-state index contributed by atoms with van der Waals surface area (Å²) in [4.78, 5) is 0. The highest BCUT2D eigenvalue weighted by Gasteiger charge is 2.09. The minimum absolute atomic E-state index is 0.424. The first kappa shape index (κ1) is 16.2. The van der Waals surface area contributed by atoms with E-state index in [9.17, 15) is 0 Å². The fraction of sp³-hybridized carbons (Fsp3) is 0.294. The molecule has 0 atom stereocenters. The van der Waals surface area contributed by atoms with Crippen LogP contribution in [-0.2, 0) is 6.54 Å². The van der Waals surface area contributed by atoms with E-state index in [2.05, 4.69) is 19.2 Å². The monoisotopic (exact) mass is 323 g/mol. The van der Waals surface area contributed by atoms with E-state index in [1.165, 1.54) is 5.56 Å². The van der Waals surface area contributed by atoms with Crippen LogP contribution in [0.1, 0.15) is 19.4 Å². The summed E-state index contributed by atoms with van der Waals surface area (Å²) in [6.45, 7) is 5.04. The van der Waals surface area contributed by atoms with E-state index in [1.807, 2.05) is 36.4 Å². The Bertz CT molecular complexity index is 626. The first-order valence-electron chi connectivity index (χ1n) is 6.87. The van der Waals surface area contributed by atoms with Crippen LogP contribution < -0.4 is 10.1 Å². The van der Waals surface area contributed by atoms with Gasteiger partial charge < -0.3 is 10.1 Å². The molecule has 1 N–H and O–H groups in total. The second-order valence-corrected chi connectivity index (χ2v) is 6.03. The lowest BCUT2D eigenvalue weighted by Crippen LogP contribution is -2.22. The SMILES string of the molecule is COc1ccc(-c2cc(Cl)ccc2CNC(C)C)cc1Cl. The topological polar surface area (TPSA) is 21.3 Å². The summed E-state index contributed by atoms with van der Waals surface area (Å²) in [6, 6.07) is 12.1. The molecular formula is C17H19Cl2NO. The molecule has 2 nitrogen and oxygen atoms in total. The summed E-state index contributed by atoms with van der Waals surface area (Å²) in [5, 5.41) is 4.74. The largest absolute Gasteiger partial charge is 0.495 e. The average Bonchev–Trinajstić information content (AvgIpc) is 2.45. The molecule has 0 spiro atoms. The van der Waals surface area contributed by atoms with Gasteiger partial charge in [0.1, 0.15) is 5.75 Å². The summed E-state index contributed by atoms with van der Waals surface area (Å²) in [7, 11) is 1.61. The van der Waals surface area contributed by atoms with Gasteiger partial charge in [-0.1, -0.05) is 49.2 Å². The molecule has 0 fully saturated rings. The molecule has 2 aromatic carbocycles. The molecule has 2 aromatic rings. The van der Waals surface area contributed by atoms with E-state index >= 15 is 0 Å². The lowest BCUT2D eigenvalue weighted by atomic mass is 9.99. The van der Waals surface area contributed by atoms with Crippen LogP contribution in [0.15, 0.2) is 36.4 Å². The molecule has 0 aliphatic heterocycles. The fourth-order valence-corrected chi connectivity index (χ4v) is 2.55. The maximum atomic E-state index is 6.23. The third-order valence-corrected chi connectivity index (χ3v) is 3.77. The van der Waals surface area contributed by atoms with Crippen LogP contribution in [0.5, 0.6) is 5.75 Å². The Kier molecular flexibility index (Phi) is 5.51. The number of rotatable bonds is 5. The van der Waals surface area contributed by atoms with Gasteiger partial charge in [-0.3, -0.25) is 0 Å². The number of halogens is 2. The first-order valence-corrected chi connectivity index (χ1v) is 7.62. The molecule has 0 radical (unpaired) electrons. The van der Waals surface area contributed by atoms with Gasteiger partial charge in [-0.15, -0.1) is 0 Å². The molecule has 0 aromatic heterocycles. The van der Waals surface area contributed by atoms with Crippen LogP contribution in [0.2, 0.25) is 10.0 Å². The second-order valence-electron chi connectivity index (χ2n) is 5.19. The summed E-state index contributed by atoms with van der Waals surface area (Å²) in [5.41, 5.74) is 3.30. The molecule has 0 saturated carbocycles. The number of methoxy groups -OCH3 is 1. The zero-order chi connectivity index (χ0) is 15.4. The fourth-order valence-electron chi connectivity index (χ4n) is 2.12. The summed E-state index contributed by atoms with van der Waals surface area (Å²) in [5.74, 6) is 0.671. The highest BCUT2D eigenvalue weighted by molar-refractivity contribution is 6.32. The van der Waals surface area contributed by atoms with Gasteiger partial charge in [-0.2, -0.15) is 0 Å². The Morgan fingerprint density at radius 1 is 1.10 bits per heavy atom. The van der Waals surface area contributed by atoms with Crippen molar-refractivity contribution in [2.75, 3.05) is 7.11 Å². The molecule has 21 heavy (non-hydrogen) atoms. The second kappa shape index (κ2) is 7.17. The van der Waals surface area contributed by atoms with Crippen molar-refractivity contribution < 1.29 is 4.74 Å². The van der Waals surface area contributed by atoms with Crippen molar-refractivity contribution in [3.8, 4) is 16.9 Å². The summed E-state index contributed by atoms with van der Waals surface area (Å²) < 4.78 is 5.20. The highest BCUT2D eigenvalue weighted by Crippen LogP contribution is 2.33. The number of hydrogen-bond acceptors (Lipinski definition) is 2. The number of hydrogen-bond donors (Lipinski definition) is 1. The van der Waals surface area contributed by atoms with Gasteiger partial charge in [0.25, 0.3) is 0 Å². The molecule has 0 amide bonds. The normalized spacial score (nSPS) is 11.0. The van der Waals surface area contributed by atoms with Crippen molar-refractivity contribution in [1.29, 1.82) is 0 Å². The van der Waals surface area contributed by atoms with E-state index < -0.39 is 0 Å².